The van der Waals surface area contributed by atoms with Crippen LogP contribution in [0.15, 0.2) is 182 Å². The van der Waals surface area contributed by atoms with Crippen LogP contribution in [0.2, 0.25) is 0 Å². The van der Waals surface area contributed by atoms with Gasteiger partial charge in [-0.15, -0.1) is 0 Å². The van der Waals surface area contributed by atoms with E-state index in [0.29, 0.717) is 17.5 Å². The van der Waals surface area contributed by atoms with Gasteiger partial charge < -0.3 is 4.57 Å². The molecule has 0 unspecified atom stereocenters. The predicted molar refractivity (Wildman–Crippen MR) is 211 cm³/mol. The van der Waals surface area contributed by atoms with Crippen LogP contribution in [0.5, 0.6) is 0 Å². The molecule has 0 fully saturated rings. The third-order valence-electron chi connectivity index (χ3n) is 9.83. The molecular weight excluding hydrogens is 621 g/mol. The maximum atomic E-state index is 5.20. The van der Waals surface area contributed by atoms with Gasteiger partial charge in [-0.2, -0.15) is 0 Å². The summed E-state index contributed by atoms with van der Waals surface area (Å²) in [6.45, 7) is 0. The summed E-state index contributed by atoms with van der Waals surface area (Å²) < 4.78 is 2.37. The molecule has 4 heteroatoms. The molecule has 51 heavy (non-hydrogen) atoms. The molecule has 0 spiro atoms. The van der Waals surface area contributed by atoms with Crippen LogP contribution < -0.4 is 0 Å². The normalized spacial score (nSPS) is 11.5. The lowest BCUT2D eigenvalue weighted by atomic mass is 9.90. The summed E-state index contributed by atoms with van der Waals surface area (Å²) in [5.41, 5.74) is 8.53. The Labute approximate surface area is 295 Å². The second-order valence-corrected chi connectivity index (χ2v) is 12.8. The van der Waals surface area contributed by atoms with E-state index in [0.717, 1.165) is 44.2 Å². The summed E-state index contributed by atoms with van der Waals surface area (Å²) in [5, 5.41) is 7.20. The van der Waals surface area contributed by atoms with Crippen molar-refractivity contribution in [3.63, 3.8) is 0 Å². The molecule has 0 amide bonds. The summed E-state index contributed by atoms with van der Waals surface area (Å²) in [5.74, 6) is 1.92. The van der Waals surface area contributed by atoms with Gasteiger partial charge in [0.05, 0.1) is 11.0 Å². The summed E-state index contributed by atoms with van der Waals surface area (Å²) in [6.07, 6.45) is 0. The quantitative estimate of drug-likeness (QED) is 0.174. The fourth-order valence-electron chi connectivity index (χ4n) is 7.58. The van der Waals surface area contributed by atoms with E-state index in [-0.39, 0.29) is 0 Å². The molecule has 2 heterocycles. The molecule has 0 bridgehead atoms. The first-order chi connectivity index (χ1) is 25.3. The zero-order valence-corrected chi connectivity index (χ0v) is 27.6. The fourth-order valence-corrected chi connectivity index (χ4v) is 7.58. The second-order valence-electron chi connectivity index (χ2n) is 12.8. The van der Waals surface area contributed by atoms with Crippen molar-refractivity contribution >= 4 is 43.4 Å². The van der Waals surface area contributed by atoms with Gasteiger partial charge in [-0.1, -0.05) is 152 Å². The molecule has 0 atom stereocenters. The summed E-state index contributed by atoms with van der Waals surface area (Å²) in [4.78, 5) is 15.4. The predicted octanol–water partition coefficient (Wildman–Crippen LogP) is 11.9. The minimum atomic E-state index is 0.638. The van der Waals surface area contributed by atoms with E-state index in [2.05, 4.69) is 150 Å². The lowest BCUT2D eigenvalue weighted by molar-refractivity contribution is 1.08. The van der Waals surface area contributed by atoms with Crippen LogP contribution in [-0.4, -0.2) is 19.5 Å². The van der Waals surface area contributed by atoms with Crippen LogP contribution in [0.25, 0.3) is 94.3 Å². The first-order valence-corrected chi connectivity index (χ1v) is 17.2. The molecule has 0 aliphatic heterocycles. The number of para-hydroxylation sites is 1. The summed E-state index contributed by atoms with van der Waals surface area (Å²) in [6, 6.07) is 63.9. The molecule has 0 aliphatic carbocycles. The van der Waals surface area contributed by atoms with E-state index in [1.165, 1.54) is 32.7 Å². The average Bonchev–Trinajstić information content (AvgIpc) is 3.56. The van der Waals surface area contributed by atoms with Crippen LogP contribution in [-0.2, 0) is 0 Å². The number of fused-ring (bicyclic) bond motifs is 6. The topological polar surface area (TPSA) is 43.6 Å². The maximum absolute atomic E-state index is 5.20. The highest BCUT2D eigenvalue weighted by Gasteiger charge is 2.23. The fraction of sp³-hybridized carbons (Fsp3) is 0. The van der Waals surface area contributed by atoms with Crippen molar-refractivity contribution in [2.24, 2.45) is 0 Å². The van der Waals surface area contributed by atoms with Crippen LogP contribution in [0.3, 0.4) is 0 Å². The monoisotopic (exact) mass is 650 g/mol. The number of hydrogen-bond acceptors (Lipinski definition) is 3. The van der Waals surface area contributed by atoms with Crippen LogP contribution in [0.4, 0.5) is 0 Å². The average molecular weight is 651 g/mol. The standard InChI is InChI=1S/C47H30N4/c1-4-16-31(17-5-1)45-48-46(32-18-6-2-7-19-32)50-47(49-45)39-27-15-29-42-44(39)43-38(26-14-28-41(43)51(42)34-21-8-3-9-22-34)40-30-33-20-10-11-23-35(33)36-24-12-13-25-37(36)40/h1-30H. The van der Waals surface area contributed by atoms with E-state index in [9.17, 15) is 0 Å². The molecule has 0 aliphatic rings. The van der Waals surface area contributed by atoms with Crippen LogP contribution in [0, 0.1) is 0 Å². The van der Waals surface area contributed by atoms with E-state index in [4.69, 9.17) is 15.0 Å². The molecule has 10 rings (SSSR count). The number of rotatable bonds is 5. The first kappa shape index (κ1) is 29.0. The Balaban J connectivity index is 1.35. The van der Waals surface area contributed by atoms with Gasteiger partial charge in [-0.05, 0) is 63.0 Å². The van der Waals surface area contributed by atoms with Crippen LogP contribution in [0.1, 0.15) is 0 Å². The SMILES string of the molecule is c1ccc(-c2nc(-c3ccccc3)nc(-c3cccc4c3c3c(-c5cc6ccccc6c6ccccc56)cccc3n4-c3ccccc3)n2)cc1. The number of benzene rings is 8. The van der Waals surface area contributed by atoms with Crippen molar-refractivity contribution in [2.45, 2.75) is 0 Å². The van der Waals surface area contributed by atoms with Crippen molar-refractivity contribution in [3.05, 3.63) is 182 Å². The lowest BCUT2D eigenvalue weighted by Gasteiger charge is -2.13. The van der Waals surface area contributed by atoms with E-state index >= 15 is 0 Å². The van der Waals surface area contributed by atoms with Gasteiger partial charge in [0.25, 0.3) is 0 Å². The number of aromatic nitrogens is 4. The molecule has 0 radical (unpaired) electrons. The molecular formula is C47H30N4. The van der Waals surface area contributed by atoms with Gasteiger partial charge >= 0.3 is 0 Å². The van der Waals surface area contributed by atoms with Crippen LogP contribution >= 0.6 is 0 Å². The molecule has 10 aromatic rings. The van der Waals surface area contributed by atoms with E-state index in [1.54, 1.807) is 0 Å². The Morgan fingerprint density at radius 1 is 0.333 bits per heavy atom. The summed E-state index contributed by atoms with van der Waals surface area (Å²) >= 11 is 0. The second kappa shape index (κ2) is 11.9. The molecule has 0 saturated heterocycles. The first-order valence-electron chi connectivity index (χ1n) is 17.2. The van der Waals surface area contributed by atoms with E-state index < -0.39 is 0 Å². The van der Waals surface area contributed by atoms with Crippen molar-refractivity contribution in [1.29, 1.82) is 0 Å². The highest BCUT2D eigenvalue weighted by Crippen LogP contribution is 2.45. The highest BCUT2D eigenvalue weighted by molar-refractivity contribution is 6.23. The van der Waals surface area contributed by atoms with Crippen molar-refractivity contribution in [1.82, 2.24) is 19.5 Å². The zero-order chi connectivity index (χ0) is 33.7. The Morgan fingerprint density at radius 3 is 1.47 bits per heavy atom. The van der Waals surface area contributed by atoms with Gasteiger partial charge in [-0.3, -0.25) is 0 Å². The molecule has 2 aromatic heterocycles. The van der Waals surface area contributed by atoms with Gasteiger partial charge in [-0.25, -0.2) is 15.0 Å². The van der Waals surface area contributed by atoms with Gasteiger partial charge in [0.15, 0.2) is 17.5 Å². The molecule has 0 N–H and O–H groups in total. The van der Waals surface area contributed by atoms with Gasteiger partial charge in [0.2, 0.25) is 0 Å². The Bertz CT molecular complexity index is 2840. The summed E-state index contributed by atoms with van der Waals surface area (Å²) in [7, 11) is 0. The van der Waals surface area contributed by atoms with Crippen molar-refractivity contribution < 1.29 is 0 Å². The maximum Gasteiger partial charge on any atom is 0.164 e. The largest absolute Gasteiger partial charge is 0.309 e. The molecule has 4 nitrogen and oxygen atoms in total. The third kappa shape index (κ3) is 4.80. The smallest absolute Gasteiger partial charge is 0.164 e. The lowest BCUT2D eigenvalue weighted by Crippen LogP contribution is -2.00. The third-order valence-corrected chi connectivity index (χ3v) is 9.83. The Hall–Kier alpha value is -6.91. The zero-order valence-electron chi connectivity index (χ0n) is 27.6. The number of hydrogen-bond donors (Lipinski definition) is 0. The van der Waals surface area contributed by atoms with E-state index in [1.807, 2.05) is 36.4 Å². The van der Waals surface area contributed by atoms with Gasteiger partial charge in [0.1, 0.15) is 0 Å². The number of nitrogens with zero attached hydrogens (tertiary/aromatic N) is 4. The van der Waals surface area contributed by atoms with Crippen molar-refractivity contribution in [2.75, 3.05) is 0 Å². The Kier molecular flexibility index (Phi) is 6.78. The Morgan fingerprint density at radius 2 is 0.824 bits per heavy atom. The van der Waals surface area contributed by atoms with Gasteiger partial charge in [0, 0.05) is 33.2 Å². The molecule has 8 aromatic carbocycles. The highest BCUT2D eigenvalue weighted by atomic mass is 15.0. The molecule has 238 valence electrons. The molecule has 0 saturated carbocycles. The van der Waals surface area contributed by atoms with Crippen molar-refractivity contribution in [3.8, 4) is 51.0 Å². The minimum Gasteiger partial charge on any atom is -0.309 e. The minimum absolute atomic E-state index is 0.638.